The zero-order valence-corrected chi connectivity index (χ0v) is 26.1. The van der Waals surface area contributed by atoms with Crippen molar-refractivity contribution < 1.29 is 23.7 Å². The zero-order valence-electron chi connectivity index (χ0n) is 23.7. The van der Waals surface area contributed by atoms with Crippen LogP contribution in [0.25, 0.3) is 11.8 Å². The molecule has 4 heterocycles. The second-order valence-corrected chi connectivity index (χ2v) is 11.8. The number of fused-ring (bicyclic) bond motifs is 2. The van der Waals surface area contributed by atoms with Crippen LogP contribution < -0.4 is 29.1 Å². The Bertz CT molecular complexity index is 1970. The van der Waals surface area contributed by atoms with Gasteiger partial charge in [0.2, 0.25) is 6.79 Å². The number of aromatic nitrogens is 2. The Morgan fingerprint density at radius 1 is 1.14 bits per heavy atom. The number of benzene rings is 2. The smallest absolute Gasteiger partial charge is 0.338 e. The molecule has 6 rings (SSSR count). The van der Waals surface area contributed by atoms with Crippen LogP contribution in [0.15, 0.2) is 68.0 Å². The molecule has 216 valence electrons. The largest absolute Gasteiger partial charge is 0.496 e. The molecule has 0 saturated heterocycles. The number of rotatable bonds is 6. The molecule has 11 heteroatoms. The number of esters is 1. The van der Waals surface area contributed by atoms with Crippen LogP contribution in [0.1, 0.15) is 42.4 Å². The highest BCUT2D eigenvalue weighted by atomic mass is 79.9. The zero-order chi connectivity index (χ0) is 29.7. The summed E-state index contributed by atoms with van der Waals surface area (Å²) in [7, 11) is 1.58. The Morgan fingerprint density at radius 2 is 1.93 bits per heavy atom. The molecule has 0 amide bonds. The molecule has 0 bridgehead atoms. The predicted molar refractivity (Wildman–Crippen MR) is 162 cm³/mol. The van der Waals surface area contributed by atoms with Gasteiger partial charge >= 0.3 is 5.97 Å². The number of carbonyl (C=O) groups excluding carboxylic acids is 1. The van der Waals surface area contributed by atoms with Gasteiger partial charge in [0.25, 0.3) is 5.56 Å². The fraction of sp³-hybridized carbons (Fsp3) is 0.258. The second-order valence-electron chi connectivity index (χ2n) is 9.90. The first-order chi connectivity index (χ1) is 20.2. The molecule has 0 saturated carbocycles. The van der Waals surface area contributed by atoms with E-state index in [-0.39, 0.29) is 19.0 Å². The molecule has 0 N–H and O–H groups in total. The van der Waals surface area contributed by atoms with Crippen molar-refractivity contribution in [2.75, 3.05) is 20.5 Å². The Morgan fingerprint density at radius 3 is 2.67 bits per heavy atom. The molecule has 1 atom stereocenters. The van der Waals surface area contributed by atoms with Crippen molar-refractivity contribution in [3.05, 3.63) is 100 Å². The molecule has 0 aliphatic carbocycles. The van der Waals surface area contributed by atoms with Crippen molar-refractivity contribution in [1.29, 1.82) is 0 Å². The van der Waals surface area contributed by atoms with Gasteiger partial charge in [0, 0.05) is 23.1 Å². The van der Waals surface area contributed by atoms with E-state index in [4.69, 9.17) is 18.9 Å². The first-order valence-corrected chi connectivity index (χ1v) is 14.9. The molecule has 2 aliphatic rings. The van der Waals surface area contributed by atoms with Crippen molar-refractivity contribution >= 4 is 39.3 Å². The summed E-state index contributed by atoms with van der Waals surface area (Å²) in [6, 6.07) is 12.7. The van der Waals surface area contributed by atoms with Crippen molar-refractivity contribution in [3.8, 4) is 22.9 Å². The highest BCUT2D eigenvalue weighted by Crippen LogP contribution is 2.36. The number of methoxy groups -OCH3 is 1. The first-order valence-electron chi connectivity index (χ1n) is 13.3. The maximum atomic E-state index is 14.1. The molecule has 0 unspecified atom stereocenters. The highest BCUT2D eigenvalue weighted by Gasteiger charge is 2.33. The van der Waals surface area contributed by atoms with Crippen molar-refractivity contribution in [3.63, 3.8) is 0 Å². The third kappa shape index (κ3) is 4.66. The summed E-state index contributed by atoms with van der Waals surface area (Å²) < 4.78 is 26.8. The van der Waals surface area contributed by atoms with Crippen LogP contribution in [0.3, 0.4) is 0 Å². The van der Waals surface area contributed by atoms with Gasteiger partial charge in [-0.05, 0) is 91.2 Å². The molecule has 2 aliphatic heterocycles. The average Bonchev–Trinajstić information content (AvgIpc) is 3.63. The Kier molecular flexibility index (Phi) is 7.32. The lowest BCUT2D eigenvalue weighted by Crippen LogP contribution is -2.40. The van der Waals surface area contributed by atoms with Crippen molar-refractivity contribution in [2.24, 2.45) is 4.99 Å². The van der Waals surface area contributed by atoms with Crippen molar-refractivity contribution in [1.82, 2.24) is 9.13 Å². The van der Waals surface area contributed by atoms with Gasteiger partial charge in [0.15, 0.2) is 16.3 Å². The maximum Gasteiger partial charge on any atom is 0.338 e. The number of carbonyl (C=O) groups is 1. The fourth-order valence-corrected chi connectivity index (χ4v) is 7.05. The maximum absolute atomic E-state index is 14.1. The molecule has 0 spiro atoms. The summed E-state index contributed by atoms with van der Waals surface area (Å²) >= 11 is 4.84. The van der Waals surface area contributed by atoms with Gasteiger partial charge in [0.05, 0.1) is 40.0 Å². The number of thiazole rings is 1. The minimum absolute atomic E-state index is 0.206. The average molecular weight is 651 g/mol. The summed E-state index contributed by atoms with van der Waals surface area (Å²) in [5.74, 6) is 1.56. The van der Waals surface area contributed by atoms with Crippen LogP contribution in [-0.4, -0.2) is 35.6 Å². The van der Waals surface area contributed by atoms with Gasteiger partial charge in [-0.1, -0.05) is 17.4 Å². The summed E-state index contributed by atoms with van der Waals surface area (Å²) in [4.78, 5) is 32.5. The molecule has 9 nitrogen and oxygen atoms in total. The number of halogens is 1. The standard InChI is InChI=1S/C31H28BrN3O6S/c1-6-39-30(37)27-17(3)33-31-35(28(27)19-7-9-23(38-5)22(32)12-19)29(36)26(42-31)13-20-11-16(2)34(18(20)4)21-8-10-24-25(14-21)41-15-40-24/h7-14,28H,6,15H2,1-5H3/b26-13+/t28-/m0/s1. The van der Waals surface area contributed by atoms with E-state index in [1.807, 2.05) is 56.3 Å². The molecule has 2 aromatic heterocycles. The number of hydrogen-bond acceptors (Lipinski definition) is 8. The van der Waals surface area contributed by atoms with Gasteiger partial charge < -0.3 is 23.5 Å². The first kappa shape index (κ1) is 28.0. The molecule has 4 aromatic rings. The lowest BCUT2D eigenvalue weighted by Gasteiger charge is -2.25. The summed E-state index contributed by atoms with van der Waals surface area (Å²) in [6.45, 7) is 7.97. The highest BCUT2D eigenvalue weighted by molar-refractivity contribution is 9.10. The van der Waals surface area contributed by atoms with Gasteiger partial charge in [-0.15, -0.1) is 0 Å². The van der Waals surface area contributed by atoms with Gasteiger partial charge in [0.1, 0.15) is 5.75 Å². The number of hydrogen-bond donors (Lipinski definition) is 0. The summed E-state index contributed by atoms with van der Waals surface area (Å²) in [5.41, 5.74) is 5.15. The SMILES string of the molecule is CCOC(=O)C1=C(C)N=c2s/c(=C/c3cc(C)n(-c4ccc5c(c4)OCO5)c3C)c(=O)n2[C@H]1c1ccc(OC)c(Br)c1. The van der Waals surface area contributed by atoms with Gasteiger partial charge in [-0.25, -0.2) is 9.79 Å². The van der Waals surface area contributed by atoms with Crippen LogP contribution in [0.4, 0.5) is 0 Å². The summed E-state index contributed by atoms with van der Waals surface area (Å²) in [6.07, 6.45) is 1.89. The minimum atomic E-state index is -0.717. The van der Waals surface area contributed by atoms with Crippen molar-refractivity contribution in [2.45, 2.75) is 33.7 Å². The normalized spacial score (nSPS) is 16.0. The number of allylic oxidation sites excluding steroid dienone is 1. The Balaban J connectivity index is 1.50. The molecule has 42 heavy (non-hydrogen) atoms. The molecule has 2 aromatic carbocycles. The Hall–Kier alpha value is -4.09. The van der Waals surface area contributed by atoms with Gasteiger partial charge in [-0.3, -0.25) is 9.36 Å². The van der Waals surface area contributed by atoms with E-state index >= 15 is 0 Å². The lowest BCUT2D eigenvalue weighted by molar-refractivity contribution is -0.139. The van der Waals surface area contributed by atoms with Crippen LogP contribution in [0.5, 0.6) is 17.2 Å². The molecular weight excluding hydrogens is 622 g/mol. The van der Waals surface area contributed by atoms with E-state index in [0.29, 0.717) is 36.6 Å². The number of aryl methyl sites for hydroxylation is 1. The third-order valence-electron chi connectivity index (χ3n) is 7.38. The van der Waals surface area contributed by atoms with E-state index in [1.165, 1.54) is 11.3 Å². The quantitative estimate of drug-likeness (QED) is 0.281. The number of nitrogens with zero attached hydrogens (tertiary/aromatic N) is 3. The van der Waals surface area contributed by atoms with Crippen LogP contribution in [0.2, 0.25) is 0 Å². The fourth-order valence-electron chi connectivity index (χ4n) is 5.46. The molecule has 0 fully saturated rings. The van der Waals surface area contributed by atoms with Crippen LogP contribution in [-0.2, 0) is 9.53 Å². The van der Waals surface area contributed by atoms with Gasteiger partial charge in [-0.2, -0.15) is 0 Å². The minimum Gasteiger partial charge on any atom is -0.496 e. The van der Waals surface area contributed by atoms with E-state index in [2.05, 4.69) is 25.5 Å². The molecule has 0 radical (unpaired) electrons. The van der Waals surface area contributed by atoms with E-state index in [0.717, 1.165) is 34.0 Å². The van der Waals surface area contributed by atoms with E-state index < -0.39 is 12.0 Å². The van der Waals surface area contributed by atoms with E-state index in [9.17, 15) is 9.59 Å². The Labute approximate surface area is 254 Å². The molecular formula is C31H28BrN3O6S. The van der Waals surface area contributed by atoms with Crippen LogP contribution >= 0.6 is 27.3 Å². The van der Waals surface area contributed by atoms with E-state index in [1.54, 1.807) is 31.6 Å². The number of ether oxygens (including phenoxy) is 4. The predicted octanol–water partition coefficient (Wildman–Crippen LogP) is 4.71. The lowest BCUT2D eigenvalue weighted by atomic mass is 9.96. The third-order valence-corrected chi connectivity index (χ3v) is 8.98. The topological polar surface area (TPSA) is 93.3 Å². The van der Waals surface area contributed by atoms with Crippen LogP contribution in [0, 0.1) is 13.8 Å². The monoisotopic (exact) mass is 649 g/mol. The summed E-state index contributed by atoms with van der Waals surface area (Å²) in [5, 5.41) is 0. The second kappa shape index (κ2) is 11.0.